The molecule has 0 radical (unpaired) electrons. The summed E-state index contributed by atoms with van der Waals surface area (Å²) >= 11 is 0. The Morgan fingerprint density at radius 1 is 0.939 bits per heavy atom. The van der Waals surface area contributed by atoms with Crippen LogP contribution in [-0.4, -0.2) is 30.5 Å². The van der Waals surface area contributed by atoms with Crippen molar-refractivity contribution >= 4 is 40.0 Å². The van der Waals surface area contributed by atoms with E-state index >= 15 is 0 Å². The summed E-state index contributed by atoms with van der Waals surface area (Å²) in [5, 5.41) is 4.02. The van der Waals surface area contributed by atoms with Gasteiger partial charge in [0.1, 0.15) is 5.82 Å². The average Bonchev–Trinajstić information content (AvgIpc) is 3.25. The predicted molar refractivity (Wildman–Crippen MR) is 129 cm³/mol. The lowest BCUT2D eigenvalue weighted by Crippen LogP contribution is -2.15. The minimum atomic E-state index is -0.412. The first kappa shape index (κ1) is 20.7. The zero-order valence-electron chi connectivity index (χ0n) is 18.5. The van der Waals surface area contributed by atoms with Crippen LogP contribution < -0.4 is 10.2 Å². The van der Waals surface area contributed by atoms with Gasteiger partial charge in [0.25, 0.3) is 5.91 Å². The summed E-state index contributed by atoms with van der Waals surface area (Å²) in [5.41, 5.74) is 6.02. The van der Waals surface area contributed by atoms with Gasteiger partial charge in [-0.05, 0) is 85.1 Å². The van der Waals surface area contributed by atoms with Gasteiger partial charge in [0, 0.05) is 28.9 Å². The molecule has 1 aromatic heterocycles. The molecule has 164 valence electrons. The average molecular weight is 437 g/mol. The van der Waals surface area contributed by atoms with Gasteiger partial charge in [-0.3, -0.25) is 4.79 Å². The molecular formula is C27H23N3O3. The van der Waals surface area contributed by atoms with Gasteiger partial charge in [-0.1, -0.05) is 12.1 Å². The van der Waals surface area contributed by atoms with Gasteiger partial charge >= 0.3 is 5.97 Å². The number of methoxy groups -OCH3 is 1. The van der Waals surface area contributed by atoms with Crippen LogP contribution in [0.25, 0.3) is 10.9 Å². The number of esters is 1. The molecule has 1 aliphatic rings. The fourth-order valence-corrected chi connectivity index (χ4v) is 4.12. The van der Waals surface area contributed by atoms with Gasteiger partial charge in [-0.2, -0.15) is 0 Å². The molecular weight excluding hydrogens is 414 g/mol. The number of benzene rings is 3. The van der Waals surface area contributed by atoms with Crippen molar-refractivity contribution in [1.29, 1.82) is 0 Å². The van der Waals surface area contributed by atoms with Gasteiger partial charge < -0.3 is 15.0 Å². The Balaban J connectivity index is 1.33. The summed E-state index contributed by atoms with van der Waals surface area (Å²) < 4.78 is 4.69. The van der Waals surface area contributed by atoms with Gasteiger partial charge in [-0.25, -0.2) is 9.78 Å². The standard InChI is InChI=1S/C27H23N3O3/c1-17-3-4-20-16-21-13-14-30(25(21)29-24(20)15-17)23-11-7-18(8-12-23)26(31)28-22-9-5-19(6-10-22)27(32)33-2/h3-12,15-16H,13-14H2,1-2H3,(H,28,31). The SMILES string of the molecule is COC(=O)c1ccc(NC(=O)c2ccc(N3CCc4cc5ccc(C)cc5nc43)cc2)cc1. The Bertz CT molecular complexity index is 1360. The summed E-state index contributed by atoms with van der Waals surface area (Å²) in [7, 11) is 1.33. The summed E-state index contributed by atoms with van der Waals surface area (Å²) in [6.45, 7) is 2.93. The zero-order chi connectivity index (χ0) is 22.9. The van der Waals surface area contributed by atoms with Crippen LogP contribution in [0.4, 0.5) is 17.2 Å². The number of hydrogen-bond acceptors (Lipinski definition) is 5. The molecule has 0 atom stereocenters. The second-order valence-corrected chi connectivity index (χ2v) is 8.14. The van der Waals surface area contributed by atoms with E-state index in [9.17, 15) is 9.59 Å². The van der Waals surface area contributed by atoms with Crippen molar-refractivity contribution in [2.24, 2.45) is 0 Å². The Kier molecular flexibility index (Phi) is 5.26. The van der Waals surface area contributed by atoms with E-state index in [-0.39, 0.29) is 5.91 Å². The smallest absolute Gasteiger partial charge is 0.337 e. The first-order chi connectivity index (χ1) is 16.0. The molecule has 1 N–H and O–H groups in total. The molecule has 0 saturated carbocycles. The molecule has 2 heterocycles. The van der Waals surface area contributed by atoms with E-state index in [2.05, 4.69) is 41.4 Å². The molecule has 0 spiro atoms. The third-order valence-electron chi connectivity index (χ3n) is 5.89. The molecule has 3 aromatic carbocycles. The highest BCUT2D eigenvalue weighted by atomic mass is 16.5. The Hall–Kier alpha value is -4.19. The molecule has 0 aliphatic carbocycles. The molecule has 1 amide bonds. The quantitative estimate of drug-likeness (QED) is 0.440. The van der Waals surface area contributed by atoms with E-state index in [0.29, 0.717) is 16.8 Å². The number of carbonyl (C=O) groups excluding carboxylic acids is 2. The third kappa shape index (κ3) is 4.03. The van der Waals surface area contributed by atoms with E-state index in [1.54, 1.807) is 24.3 Å². The van der Waals surface area contributed by atoms with E-state index < -0.39 is 5.97 Å². The van der Waals surface area contributed by atoms with Crippen molar-refractivity contribution in [3.8, 4) is 0 Å². The van der Waals surface area contributed by atoms with Crippen LogP contribution in [0.15, 0.2) is 72.8 Å². The number of pyridine rings is 1. The van der Waals surface area contributed by atoms with Gasteiger partial charge in [-0.15, -0.1) is 0 Å². The van der Waals surface area contributed by atoms with Crippen molar-refractivity contribution in [3.63, 3.8) is 0 Å². The lowest BCUT2D eigenvalue weighted by Gasteiger charge is -2.19. The summed E-state index contributed by atoms with van der Waals surface area (Å²) in [6.07, 6.45) is 0.940. The Labute approximate surface area is 191 Å². The number of carbonyl (C=O) groups is 2. The normalized spacial score (nSPS) is 12.5. The van der Waals surface area contributed by atoms with Crippen LogP contribution in [0.1, 0.15) is 31.8 Å². The Morgan fingerprint density at radius 3 is 2.39 bits per heavy atom. The number of anilines is 3. The van der Waals surface area contributed by atoms with Crippen molar-refractivity contribution in [3.05, 3.63) is 95.1 Å². The van der Waals surface area contributed by atoms with Gasteiger partial charge in [0.05, 0.1) is 18.2 Å². The first-order valence-electron chi connectivity index (χ1n) is 10.8. The van der Waals surface area contributed by atoms with Crippen LogP contribution in [0, 0.1) is 6.92 Å². The number of nitrogens with zero attached hydrogens (tertiary/aromatic N) is 2. The number of aryl methyl sites for hydroxylation is 1. The summed E-state index contributed by atoms with van der Waals surface area (Å²) in [5.74, 6) is 0.356. The number of fused-ring (bicyclic) bond motifs is 2. The molecule has 5 rings (SSSR count). The zero-order valence-corrected chi connectivity index (χ0v) is 18.5. The van der Waals surface area contributed by atoms with E-state index in [1.807, 2.05) is 24.3 Å². The predicted octanol–water partition coefficient (Wildman–Crippen LogP) is 5.28. The van der Waals surface area contributed by atoms with Crippen molar-refractivity contribution in [2.45, 2.75) is 13.3 Å². The maximum Gasteiger partial charge on any atom is 0.337 e. The summed E-state index contributed by atoms with van der Waals surface area (Å²) in [4.78, 5) is 31.3. The third-order valence-corrected chi connectivity index (χ3v) is 5.89. The lowest BCUT2D eigenvalue weighted by molar-refractivity contribution is 0.0600. The Morgan fingerprint density at radius 2 is 1.67 bits per heavy atom. The number of nitrogens with one attached hydrogen (secondary N) is 1. The minimum Gasteiger partial charge on any atom is -0.465 e. The summed E-state index contributed by atoms with van der Waals surface area (Å²) in [6, 6.07) is 22.7. The van der Waals surface area contributed by atoms with Crippen LogP contribution in [0.3, 0.4) is 0 Å². The van der Waals surface area contributed by atoms with Gasteiger partial charge in [0.15, 0.2) is 0 Å². The van der Waals surface area contributed by atoms with E-state index in [4.69, 9.17) is 9.72 Å². The number of rotatable bonds is 4. The van der Waals surface area contributed by atoms with Crippen LogP contribution in [0.5, 0.6) is 0 Å². The monoisotopic (exact) mass is 437 g/mol. The van der Waals surface area contributed by atoms with Crippen LogP contribution in [0.2, 0.25) is 0 Å². The number of hydrogen-bond donors (Lipinski definition) is 1. The second kappa shape index (κ2) is 8.39. The first-order valence-corrected chi connectivity index (χ1v) is 10.8. The molecule has 0 fully saturated rings. The highest BCUT2D eigenvalue weighted by Crippen LogP contribution is 2.35. The molecule has 0 unspecified atom stereocenters. The molecule has 6 nitrogen and oxygen atoms in total. The van der Waals surface area contributed by atoms with Crippen molar-refractivity contribution < 1.29 is 14.3 Å². The van der Waals surface area contributed by atoms with Crippen molar-refractivity contribution in [1.82, 2.24) is 4.98 Å². The minimum absolute atomic E-state index is 0.214. The highest BCUT2D eigenvalue weighted by molar-refractivity contribution is 6.04. The largest absolute Gasteiger partial charge is 0.465 e. The highest BCUT2D eigenvalue weighted by Gasteiger charge is 2.23. The topological polar surface area (TPSA) is 71.5 Å². The molecule has 1 aliphatic heterocycles. The molecule has 6 heteroatoms. The molecule has 0 saturated heterocycles. The van der Waals surface area contributed by atoms with Crippen LogP contribution >= 0.6 is 0 Å². The number of aromatic nitrogens is 1. The van der Waals surface area contributed by atoms with Gasteiger partial charge in [0.2, 0.25) is 0 Å². The number of amides is 1. The molecule has 33 heavy (non-hydrogen) atoms. The maximum atomic E-state index is 12.7. The van der Waals surface area contributed by atoms with Crippen LogP contribution in [-0.2, 0) is 11.2 Å². The lowest BCUT2D eigenvalue weighted by atomic mass is 10.1. The molecule has 4 aromatic rings. The van der Waals surface area contributed by atoms with Crippen molar-refractivity contribution in [2.75, 3.05) is 23.9 Å². The molecule has 0 bridgehead atoms. The number of ether oxygens (including phenoxy) is 1. The fraction of sp³-hybridized carbons (Fsp3) is 0.148. The fourth-order valence-electron chi connectivity index (χ4n) is 4.12. The maximum absolute atomic E-state index is 12.7. The van der Waals surface area contributed by atoms with E-state index in [0.717, 1.165) is 35.4 Å². The van der Waals surface area contributed by atoms with E-state index in [1.165, 1.54) is 18.2 Å². The second-order valence-electron chi connectivity index (χ2n) is 8.14.